The summed E-state index contributed by atoms with van der Waals surface area (Å²) < 4.78 is 5.23. The van der Waals surface area contributed by atoms with Gasteiger partial charge in [-0.2, -0.15) is 0 Å². The highest BCUT2D eigenvalue weighted by atomic mass is 16.5. The molecule has 1 N–H and O–H groups in total. The summed E-state index contributed by atoms with van der Waals surface area (Å²) in [5.74, 6) is 0.484. The van der Waals surface area contributed by atoms with Crippen LogP contribution in [0.4, 0.5) is 0 Å². The molecule has 0 aliphatic heterocycles. The Hall–Kier alpha value is -3.60. The fraction of sp³-hybridized carbons (Fsp3) is 0.310. The molecule has 0 aliphatic carbocycles. The minimum atomic E-state index is -0.646. The first-order valence-electron chi connectivity index (χ1n) is 11.6. The minimum Gasteiger partial charge on any atom is -0.497 e. The van der Waals surface area contributed by atoms with Crippen molar-refractivity contribution < 1.29 is 14.3 Å². The number of benzene rings is 3. The minimum absolute atomic E-state index is 0.0981. The number of ether oxygens (including phenoxy) is 1. The fourth-order valence-electron chi connectivity index (χ4n) is 3.81. The largest absolute Gasteiger partial charge is 0.497 e. The van der Waals surface area contributed by atoms with E-state index in [0.717, 1.165) is 22.4 Å². The highest BCUT2D eigenvalue weighted by Crippen LogP contribution is 2.18. The fourth-order valence-corrected chi connectivity index (χ4v) is 3.81. The van der Waals surface area contributed by atoms with Gasteiger partial charge in [0, 0.05) is 18.5 Å². The smallest absolute Gasteiger partial charge is 0.243 e. The molecule has 3 aromatic carbocycles. The van der Waals surface area contributed by atoms with Crippen LogP contribution in [-0.4, -0.2) is 35.4 Å². The summed E-state index contributed by atoms with van der Waals surface area (Å²) in [4.78, 5) is 28.9. The summed E-state index contributed by atoms with van der Waals surface area (Å²) in [7, 11) is 1.61. The van der Waals surface area contributed by atoms with Crippen LogP contribution in [0.15, 0.2) is 84.9 Å². The number of nitrogens with zero attached hydrogens (tertiary/aromatic N) is 1. The molecule has 3 aromatic rings. The lowest BCUT2D eigenvalue weighted by Gasteiger charge is -2.34. The maximum atomic E-state index is 13.7. The quantitative estimate of drug-likeness (QED) is 0.501. The molecule has 0 saturated carbocycles. The van der Waals surface area contributed by atoms with Crippen molar-refractivity contribution in [2.24, 2.45) is 0 Å². The van der Waals surface area contributed by atoms with E-state index >= 15 is 0 Å². The van der Waals surface area contributed by atoms with Gasteiger partial charge in [-0.3, -0.25) is 9.59 Å². The first-order chi connectivity index (χ1) is 16.2. The molecule has 1 unspecified atom stereocenters. The van der Waals surface area contributed by atoms with Gasteiger partial charge >= 0.3 is 0 Å². The van der Waals surface area contributed by atoms with Gasteiger partial charge in [0.2, 0.25) is 11.8 Å². The van der Waals surface area contributed by atoms with Crippen LogP contribution in [0.1, 0.15) is 37.5 Å². The van der Waals surface area contributed by atoms with Crippen LogP contribution in [0.3, 0.4) is 0 Å². The number of hydrogen-bond acceptors (Lipinski definition) is 3. The molecule has 0 aliphatic rings. The second-order valence-electron chi connectivity index (χ2n) is 9.48. The zero-order chi connectivity index (χ0) is 24.6. The van der Waals surface area contributed by atoms with E-state index < -0.39 is 11.6 Å². The summed E-state index contributed by atoms with van der Waals surface area (Å²) in [6, 6.07) is 26.5. The van der Waals surface area contributed by atoms with Crippen LogP contribution in [0.5, 0.6) is 5.75 Å². The number of hydrogen-bond donors (Lipinski definition) is 1. The number of carbonyl (C=O) groups is 2. The van der Waals surface area contributed by atoms with Gasteiger partial charge < -0.3 is 15.0 Å². The second kappa shape index (κ2) is 11.5. The standard InChI is InChI=1S/C29H34N2O3/c1-29(2,3)30-28(33)26(19-22-11-7-5-8-12-22)31(21-24-13-9-6-10-14-24)27(32)20-23-15-17-25(34-4)18-16-23/h5-18,26H,19-21H2,1-4H3,(H,30,33). The zero-order valence-corrected chi connectivity index (χ0v) is 20.5. The molecule has 0 fully saturated rings. The first kappa shape index (κ1) is 25.0. The predicted octanol–water partition coefficient (Wildman–Crippen LogP) is 4.79. The molecule has 34 heavy (non-hydrogen) atoms. The third kappa shape index (κ3) is 7.48. The van der Waals surface area contributed by atoms with E-state index in [2.05, 4.69) is 5.32 Å². The molecular weight excluding hydrogens is 424 g/mol. The van der Waals surface area contributed by atoms with Crippen LogP contribution in [0.25, 0.3) is 0 Å². The highest BCUT2D eigenvalue weighted by molar-refractivity contribution is 5.89. The SMILES string of the molecule is COc1ccc(CC(=O)N(Cc2ccccc2)C(Cc2ccccc2)C(=O)NC(C)(C)C)cc1. The summed E-state index contributed by atoms with van der Waals surface area (Å²) >= 11 is 0. The predicted molar refractivity (Wildman–Crippen MR) is 136 cm³/mol. The number of nitrogens with one attached hydrogen (secondary N) is 1. The van der Waals surface area contributed by atoms with Crippen LogP contribution < -0.4 is 10.1 Å². The van der Waals surface area contributed by atoms with Gasteiger partial charge in [0.05, 0.1) is 13.5 Å². The Kier molecular flexibility index (Phi) is 8.47. The molecular formula is C29H34N2O3. The van der Waals surface area contributed by atoms with Crippen LogP contribution in [0, 0.1) is 0 Å². The molecule has 5 nitrogen and oxygen atoms in total. The van der Waals surface area contributed by atoms with E-state index in [1.54, 1.807) is 12.0 Å². The lowest BCUT2D eigenvalue weighted by atomic mass is 10.00. The highest BCUT2D eigenvalue weighted by Gasteiger charge is 2.32. The number of amides is 2. The van der Waals surface area contributed by atoms with Gasteiger partial charge in [-0.25, -0.2) is 0 Å². The number of methoxy groups -OCH3 is 1. The third-order valence-electron chi connectivity index (χ3n) is 5.48. The van der Waals surface area contributed by atoms with E-state index in [4.69, 9.17) is 4.74 Å². The first-order valence-corrected chi connectivity index (χ1v) is 11.6. The van der Waals surface area contributed by atoms with E-state index in [0.29, 0.717) is 13.0 Å². The average Bonchev–Trinajstić information content (AvgIpc) is 2.82. The Bertz CT molecular complexity index is 1060. The molecule has 0 aromatic heterocycles. The van der Waals surface area contributed by atoms with Gasteiger partial charge in [0.1, 0.15) is 11.8 Å². The molecule has 5 heteroatoms. The Morgan fingerprint density at radius 3 is 1.91 bits per heavy atom. The summed E-state index contributed by atoms with van der Waals surface area (Å²) in [5.41, 5.74) is 2.45. The van der Waals surface area contributed by atoms with Crippen molar-refractivity contribution in [3.63, 3.8) is 0 Å². The molecule has 1 atom stereocenters. The van der Waals surface area contributed by atoms with Crippen molar-refractivity contribution in [3.8, 4) is 5.75 Å². The van der Waals surface area contributed by atoms with Gasteiger partial charge in [0.25, 0.3) is 0 Å². The normalized spacial score (nSPS) is 12.0. The number of rotatable bonds is 9. The maximum Gasteiger partial charge on any atom is 0.243 e. The molecule has 0 spiro atoms. The maximum absolute atomic E-state index is 13.7. The molecule has 3 rings (SSSR count). The topological polar surface area (TPSA) is 58.6 Å². The molecule has 0 saturated heterocycles. The summed E-state index contributed by atoms with van der Waals surface area (Å²) in [6.07, 6.45) is 0.634. The van der Waals surface area contributed by atoms with Crippen LogP contribution in [-0.2, 0) is 29.0 Å². The third-order valence-corrected chi connectivity index (χ3v) is 5.48. The molecule has 0 heterocycles. The van der Waals surface area contributed by atoms with Gasteiger partial charge in [-0.15, -0.1) is 0 Å². The second-order valence-corrected chi connectivity index (χ2v) is 9.48. The lowest BCUT2D eigenvalue weighted by Crippen LogP contribution is -2.54. The van der Waals surface area contributed by atoms with Gasteiger partial charge in [-0.1, -0.05) is 72.8 Å². The van der Waals surface area contributed by atoms with Crippen LogP contribution in [0.2, 0.25) is 0 Å². The Morgan fingerprint density at radius 1 is 0.824 bits per heavy atom. The van der Waals surface area contributed by atoms with Crippen molar-refractivity contribution in [1.82, 2.24) is 10.2 Å². The van der Waals surface area contributed by atoms with E-state index in [1.165, 1.54) is 0 Å². The summed E-state index contributed by atoms with van der Waals surface area (Å²) in [6.45, 7) is 6.20. The molecule has 2 amide bonds. The van der Waals surface area contributed by atoms with E-state index in [-0.39, 0.29) is 18.2 Å². The molecule has 0 radical (unpaired) electrons. The van der Waals surface area contributed by atoms with Crippen molar-refractivity contribution in [1.29, 1.82) is 0 Å². The average molecular weight is 459 g/mol. The molecule has 0 bridgehead atoms. The van der Waals surface area contributed by atoms with Crippen LogP contribution >= 0.6 is 0 Å². The van der Waals surface area contributed by atoms with Crippen molar-refractivity contribution in [2.45, 2.75) is 51.7 Å². The number of carbonyl (C=O) groups excluding carboxylic acids is 2. The van der Waals surface area contributed by atoms with Crippen molar-refractivity contribution >= 4 is 11.8 Å². The molecule has 178 valence electrons. The Morgan fingerprint density at radius 2 is 1.38 bits per heavy atom. The summed E-state index contributed by atoms with van der Waals surface area (Å²) in [5, 5.41) is 3.09. The van der Waals surface area contributed by atoms with E-state index in [9.17, 15) is 9.59 Å². The Labute approximate surface area is 202 Å². The lowest BCUT2D eigenvalue weighted by molar-refractivity contribution is -0.141. The monoisotopic (exact) mass is 458 g/mol. The van der Waals surface area contributed by atoms with Crippen molar-refractivity contribution in [3.05, 3.63) is 102 Å². The van der Waals surface area contributed by atoms with Crippen molar-refractivity contribution in [2.75, 3.05) is 7.11 Å². The van der Waals surface area contributed by atoms with E-state index in [1.807, 2.05) is 106 Å². The Balaban J connectivity index is 1.95. The van der Waals surface area contributed by atoms with Gasteiger partial charge in [0.15, 0.2) is 0 Å². The van der Waals surface area contributed by atoms with Gasteiger partial charge in [-0.05, 0) is 49.6 Å². The zero-order valence-electron chi connectivity index (χ0n) is 20.5.